The maximum Gasteiger partial charge on any atom is 0.271 e. The lowest BCUT2D eigenvalue weighted by molar-refractivity contribution is -0.384. The van der Waals surface area contributed by atoms with Crippen LogP contribution in [0.25, 0.3) is 10.9 Å². The van der Waals surface area contributed by atoms with Crippen molar-refractivity contribution in [2.75, 3.05) is 31.1 Å². The predicted molar refractivity (Wildman–Crippen MR) is 117 cm³/mol. The average molecular weight is 438 g/mol. The Kier molecular flexibility index (Phi) is 7.55. The lowest BCUT2D eigenvalue weighted by Crippen LogP contribution is -2.47. The topological polar surface area (TPSA) is 84.5 Å². The number of hydrogen-bond donors (Lipinski definition) is 0. The Morgan fingerprint density at radius 1 is 1.00 bits per heavy atom. The van der Waals surface area contributed by atoms with Crippen molar-refractivity contribution in [3.63, 3.8) is 0 Å². The molecule has 29 heavy (non-hydrogen) atoms. The first-order chi connectivity index (χ1) is 13.1. The lowest BCUT2D eigenvalue weighted by Gasteiger charge is -2.36. The highest BCUT2D eigenvalue weighted by Gasteiger charge is 2.19. The molecule has 0 radical (unpaired) electrons. The summed E-state index contributed by atoms with van der Waals surface area (Å²) in [6.45, 7) is 3.51. The SMILES string of the molecule is Cl.Cl.O=c1c2ccccc2ncn1CN1CCN(c2cccc([N+](=O)[O-])c2)CC1. The fourth-order valence-electron chi connectivity index (χ4n) is 3.37. The Balaban J connectivity index is 0.00000150. The number of halogens is 2. The normalized spacial score (nSPS) is 14.1. The molecule has 0 N–H and O–H groups in total. The first-order valence-electron chi connectivity index (χ1n) is 8.78. The number of nitro benzene ring substituents is 1. The van der Waals surface area contributed by atoms with Crippen LogP contribution >= 0.6 is 24.8 Å². The molecular weight excluding hydrogens is 417 g/mol. The van der Waals surface area contributed by atoms with Crippen LogP contribution in [0, 0.1) is 10.1 Å². The summed E-state index contributed by atoms with van der Waals surface area (Å²) in [5, 5.41) is 11.6. The predicted octanol–water partition coefficient (Wildman–Crippen LogP) is 2.93. The number of para-hydroxylation sites is 1. The summed E-state index contributed by atoms with van der Waals surface area (Å²) in [6, 6.07) is 14.0. The number of rotatable bonds is 4. The Morgan fingerprint density at radius 3 is 2.45 bits per heavy atom. The van der Waals surface area contributed by atoms with Gasteiger partial charge in [0.15, 0.2) is 0 Å². The molecule has 2 aromatic carbocycles. The van der Waals surface area contributed by atoms with Crippen molar-refractivity contribution >= 4 is 47.1 Å². The molecule has 0 unspecified atom stereocenters. The van der Waals surface area contributed by atoms with Gasteiger partial charge in [0, 0.05) is 44.0 Å². The fourth-order valence-corrected chi connectivity index (χ4v) is 3.37. The number of non-ortho nitro benzene ring substituents is 1. The molecule has 0 bridgehead atoms. The standard InChI is InChI=1S/C19H19N5O3.2ClH/c25-19-17-6-1-2-7-18(17)20-13-23(19)14-21-8-10-22(11-9-21)15-4-3-5-16(12-15)24(26)27;;/h1-7,12-13H,8-11,14H2;2*1H. The minimum Gasteiger partial charge on any atom is -0.369 e. The number of nitrogens with zero attached hydrogens (tertiary/aromatic N) is 5. The molecule has 10 heteroatoms. The molecule has 1 fully saturated rings. The van der Waals surface area contributed by atoms with Crippen LogP contribution in [0.2, 0.25) is 0 Å². The molecule has 1 aliphatic heterocycles. The smallest absolute Gasteiger partial charge is 0.271 e. The molecule has 154 valence electrons. The second-order valence-corrected chi connectivity index (χ2v) is 6.56. The van der Waals surface area contributed by atoms with Gasteiger partial charge < -0.3 is 4.90 Å². The van der Waals surface area contributed by atoms with Crippen LogP contribution in [0.4, 0.5) is 11.4 Å². The number of anilines is 1. The molecule has 3 aromatic rings. The van der Waals surface area contributed by atoms with Crippen LogP contribution in [0.5, 0.6) is 0 Å². The quantitative estimate of drug-likeness (QED) is 0.460. The summed E-state index contributed by atoms with van der Waals surface area (Å²) < 4.78 is 1.63. The van der Waals surface area contributed by atoms with E-state index in [1.54, 1.807) is 29.1 Å². The van der Waals surface area contributed by atoms with Gasteiger partial charge in [-0.15, -0.1) is 24.8 Å². The van der Waals surface area contributed by atoms with Gasteiger partial charge >= 0.3 is 0 Å². The molecular formula is C19H21Cl2N5O3. The van der Waals surface area contributed by atoms with E-state index in [-0.39, 0.29) is 41.0 Å². The van der Waals surface area contributed by atoms with Gasteiger partial charge in [-0.2, -0.15) is 0 Å². The average Bonchev–Trinajstić information content (AvgIpc) is 2.71. The van der Waals surface area contributed by atoms with Gasteiger partial charge in [-0.1, -0.05) is 18.2 Å². The summed E-state index contributed by atoms with van der Waals surface area (Å²) in [5.74, 6) is 0. The lowest BCUT2D eigenvalue weighted by atomic mass is 10.2. The van der Waals surface area contributed by atoms with E-state index in [9.17, 15) is 14.9 Å². The van der Waals surface area contributed by atoms with Crippen molar-refractivity contribution < 1.29 is 4.92 Å². The maximum atomic E-state index is 12.6. The molecule has 1 aliphatic rings. The van der Waals surface area contributed by atoms with E-state index in [0.29, 0.717) is 17.6 Å². The molecule has 0 saturated carbocycles. The Bertz CT molecular complexity index is 1050. The Hall–Kier alpha value is -2.68. The Labute approximate surface area is 179 Å². The maximum absolute atomic E-state index is 12.6. The van der Waals surface area contributed by atoms with Crippen LogP contribution in [0.3, 0.4) is 0 Å². The molecule has 1 saturated heterocycles. The van der Waals surface area contributed by atoms with Crippen molar-refractivity contribution in [2.24, 2.45) is 0 Å². The van der Waals surface area contributed by atoms with Gasteiger partial charge in [0.2, 0.25) is 0 Å². The molecule has 1 aromatic heterocycles. The highest BCUT2D eigenvalue weighted by molar-refractivity contribution is 5.85. The van der Waals surface area contributed by atoms with Crippen molar-refractivity contribution in [1.29, 1.82) is 0 Å². The number of fused-ring (bicyclic) bond motifs is 1. The first-order valence-corrected chi connectivity index (χ1v) is 8.78. The van der Waals surface area contributed by atoms with E-state index in [1.165, 1.54) is 6.07 Å². The third kappa shape index (κ3) is 4.84. The molecule has 0 spiro atoms. The summed E-state index contributed by atoms with van der Waals surface area (Å²) in [6.07, 6.45) is 1.59. The zero-order chi connectivity index (χ0) is 18.8. The largest absolute Gasteiger partial charge is 0.369 e. The number of benzene rings is 2. The number of piperazine rings is 1. The third-order valence-electron chi connectivity index (χ3n) is 4.86. The van der Waals surface area contributed by atoms with Crippen LogP contribution < -0.4 is 10.5 Å². The highest BCUT2D eigenvalue weighted by atomic mass is 35.5. The van der Waals surface area contributed by atoms with E-state index in [1.807, 2.05) is 24.3 Å². The van der Waals surface area contributed by atoms with Gasteiger partial charge in [-0.3, -0.25) is 24.4 Å². The molecule has 4 rings (SSSR count). The van der Waals surface area contributed by atoms with Crippen LogP contribution in [0.15, 0.2) is 59.7 Å². The number of aromatic nitrogens is 2. The van der Waals surface area contributed by atoms with Crippen LogP contribution in [-0.2, 0) is 6.67 Å². The minimum atomic E-state index is -0.376. The van der Waals surface area contributed by atoms with Crippen LogP contribution in [0.1, 0.15) is 0 Å². The summed E-state index contributed by atoms with van der Waals surface area (Å²) in [5.41, 5.74) is 1.62. The van der Waals surface area contributed by atoms with Crippen molar-refractivity contribution in [1.82, 2.24) is 14.5 Å². The minimum absolute atomic E-state index is 0. The van der Waals surface area contributed by atoms with Crippen molar-refractivity contribution in [3.05, 3.63) is 75.3 Å². The van der Waals surface area contributed by atoms with Crippen molar-refractivity contribution in [3.8, 4) is 0 Å². The molecule has 2 heterocycles. The Morgan fingerprint density at radius 2 is 1.72 bits per heavy atom. The highest BCUT2D eigenvalue weighted by Crippen LogP contribution is 2.22. The zero-order valence-electron chi connectivity index (χ0n) is 15.5. The second kappa shape index (κ2) is 9.69. The molecule has 0 amide bonds. The summed E-state index contributed by atoms with van der Waals surface area (Å²) in [7, 11) is 0. The van der Waals surface area contributed by atoms with E-state index in [2.05, 4.69) is 14.8 Å². The number of nitro groups is 1. The van der Waals surface area contributed by atoms with E-state index in [4.69, 9.17) is 0 Å². The molecule has 0 aliphatic carbocycles. The van der Waals surface area contributed by atoms with Gasteiger partial charge in [0.1, 0.15) is 0 Å². The second-order valence-electron chi connectivity index (χ2n) is 6.56. The van der Waals surface area contributed by atoms with Gasteiger partial charge in [-0.25, -0.2) is 4.98 Å². The van der Waals surface area contributed by atoms with E-state index >= 15 is 0 Å². The fraction of sp³-hybridized carbons (Fsp3) is 0.263. The summed E-state index contributed by atoms with van der Waals surface area (Å²) in [4.78, 5) is 31.9. The van der Waals surface area contributed by atoms with Gasteiger partial charge in [-0.05, 0) is 18.2 Å². The van der Waals surface area contributed by atoms with Crippen LogP contribution in [-0.4, -0.2) is 45.6 Å². The molecule has 0 atom stereocenters. The third-order valence-corrected chi connectivity index (χ3v) is 4.86. The number of hydrogen-bond acceptors (Lipinski definition) is 6. The van der Waals surface area contributed by atoms with E-state index < -0.39 is 0 Å². The zero-order valence-corrected chi connectivity index (χ0v) is 17.1. The summed E-state index contributed by atoms with van der Waals surface area (Å²) >= 11 is 0. The monoisotopic (exact) mass is 437 g/mol. The van der Waals surface area contributed by atoms with E-state index in [0.717, 1.165) is 31.9 Å². The first kappa shape index (κ1) is 22.6. The van der Waals surface area contributed by atoms with Crippen molar-refractivity contribution in [2.45, 2.75) is 6.67 Å². The van der Waals surface area contributed by atoms with Gasteiger partial charge in [0.25, 0.3) is 11.2 Å². The van der Waals surface area contributed by atoms with Gasteiger partial charge in [0.05, 0.1) is 28.8 Å². The molecule has 8 nitrogen and oxygen atoms in total.